The molecule has 1 rings (SSSR count). The van der Waals surface area contributed by atoms with Crippen molar-refractivity contribution >= 4 is 11.9 Å². The first-order valence-corrected chi connectivity index (χ1v) is 10.1. The predicted octanol–water partition coefficient (Wildman–Crippen LogP) is 5.94. The topological polar surface area (TPSA) is 52.6 Å². The van der Waals surface area contributed by atoms with E-state index in [9.17, 15) is 9.59 Å². The Balaban J connectivity index is 2.34. The van der Waals surface area contributed by atoms with Crippen LogP contribution in [0.4, 0.5) is 0 Å². The minimum Gasteiger partial charge on any atom is -0.462 e. The summed E-state index contributed by atoms with van der Waals surface area (Å²) >= 11 is 0. The smallest absolute Gasteiger partial charge is 0.338 e. The fraction of sp³-hybridized carbons (Fsp3) is 0.636. The molecule has 0 saturated carbocycles. The summed E-state index contributed by atoms with van der Waals surface area (Å²) in [4.78, 5) is 24.2. The average molecular weight is 363 g/mol. The molecular formula is C22H34O4. The van der Waals surface area contributed by atoms with Gasteiger partial charge < -0.3 is 9.47 Å². The van der Waals surface area contributed by atoms with Crippen molar-refractivity contribution in [3.8, 4) is 0 Å². The molecule has 26 heavy (non-hydrogen) atoms. The van der Waals surface area contributed by atoms with Crippen molar-refractivity contribution in [1.82, 2.24) is 0 Å². The van der Waals surface area contributed by atoms with Crippen LogP contribution in [0.5, 0.6) is 0 Å². The first kappa shape index (κ1) is 22.2. The molecule has 4 heteroatoms. The summed E-state index contributed by atoms with van der Waals surface area (Å²) in [6.07, 6.45) is 11.1. The molecule has 0 atom stereocenters. The van der Waals surface area contributed by atoms with Crippen LogP contribution >= 0.6 is 0 Å². The van der Waals surface area contributed by atoms with Gasteiger partial charge in [-0.25, -0.2) is 9.59 Å². The van der Waals surface area contributed by atoms with Crippen LogP contribution in [0.2, 0.25) is 0 Å². The van der Waals surface area contributed by atoms with Crippen LogP contribution < -0.4 is 0 Å². The van der Waals surface area contributed by atoms with Crippen LogP contribution in [0.15, 0.2) is 24.3 Å². The van der Waals surface area contributed by atoms with Gasteiger partial charge in [0.2, 0.25) is 0 Å². The summed E-state index contributed by atoms with van der Waals surface area (Å²) in [6, 6.07) is 6.58. The Bertz CT molecular complexity index is 481. The lowest BCUT2D eigenvalue weighted by atomic mass is 10.1. The average Bonchev–Trinajstić information content (AvgIpc) is 2.67. The molecule has 0 saturated heterocycles. The maximum Gasteiger partial charge on any atom is 0.338 e. The monoisotopic (exact) mass is 362 g/mol. The molecule has 1 aromatic rings. The SMILES string of the molecule is CCCCCCCOC(=O)c1cccc(C(=O)OCCCCCCC)c1. The van der Waals surface area contributed by atoms with Crippen LogP contribution in [0.3, 0.4) is 0 Å². The highest BCUT2D eigenvalue weighted by molar-refractivity contribution is 5.95. The van der Waals surface area contributed by atoms with Gasteiger partial charge >= 0.3 is 11.9 Å². The van der Waals surface area contributed by atoms with E-state index in [-0.39, 0.29) is 11.9 Å². The second-order valence-electron chi connectivity index (χ2n) is 6.68. The summed E-state index contributed by atoms with van der Waals surface area (Å²) in [5.74, 6) is -0.760. The number of hydrogen-bond donors (Lipinski definition) is 0. The molecule has 0 amide bonds. The van der Waals surface area contributed by atoms with Gasteiger partial charge in [0.25, 0.3) is 0 Å². The summed E-state index contributed by atoms with van der Waals surface area (Å²) in [5.41, 5.74) is 0.798. The highest BCUT2D eigenvalue weighted by Crippen LogP contribution is 2.10. The molecule has 1 aromatic carbocycles. The quantitative estimate of drug-likeness (QED) is 0.303. The second-order valence-corrected chi connectivity index (χ2v) is 6.68. The molecule has 0 aliphatic carbocycles. The van der Waals surface area contributed by atoms with Gasteiger partial charge in [-0.05, 0) is 31.0 Å². The first-order chi connectivity index (χ1) is 12.7. The van der Waals surface area contributed by atoms with Crippen LogP contribution in [-0.4, -0.2) is 25.2 Å². The molecule has 0 radical (unpaired) electrons. The Kier molecular flexibility index (Phi) is 12.2. The van der Waals surface area contributed by atoms with Crippen molar-refractivity contribution in [2.24, 2.45) is 0 Å². The zero-order chi connectivity index (χ0) is 19.0. The minimum atomic E-state index is -0.380. The number of esters is 2. The van der Waals surface area contributed by atoms with Crippen molar-refractivity contribution in [3.63, 3.8) is 0 Å². The largest absolute Gasteiger partial charge is 0.462 e. The molecule has 0 N–H and O–H groups in total. The van der Waals surface area contributed by atoms with Crippen molar-refractivity contribution in [1.29, 1.82) is 0 Å². The van der Waals surface area contributed by atoms with Gasteiger partial charge in [-0.1, -0.05) is 71.3 Å². The van der Waals surface area contributed by atoms with Crippen molar-refractivity contribution in [2.75, 3.05) is 13.2 Å². The van der Waals surface area contributed by atoms with E-state index in [4.69, 9.17) is 9.47 Å². The predicted molar refractivity (Wildman–Crippen MR) is 105 cm³/mol. The van der Waals surface area contributed by atoms with E-state index in [1.54, 1.807) is 24.3 Å². The van der Waals surface area contributed by atoms with Gasteiger partial charge in [-0.3, -0.25) is 0 Å². The Morgan fingerprint density at radius 3 is 1.54 bits per heavy atom. The molecule has 0 spiro atoms. The lowest BCUT2D eigenvalue weighted by molar-refractivity contribution is 0.0496. The van der Waals surface area contributed by atoms with E-state index >= 15 is 0 Å². The molecule has 146 valence electrons. The lowest BCUT2D eigenvalue weighted by Crippen LogP contribution is -2.10. The van der Waals surface area contributed by atoms with Crippen molar-refractivity contribution in [3.05, 3.63) is 35.4 Å². The second kappa shape index (κ2) is 14.3. The van der Waals surface area contributed by atoms with E-state index in [2.05, 4.69) is 13.8 Å². The first-order valence-electron chi connectivity index (χ1n) is 10.1. The van der Waals surface area contributed by atoms with Gasteiger partial charge in [0, 0.05) is 0 Å². The molecule has 0 heterocycles. The number of carbonyl (C=O) groups is 2. The third-order valence-electron chi connectivity index (χ3n) is 4.30. The summed E-state index contributed by atoms with van der Waals surface area (Å²) in [5, 5.41) is 0. The molecular weight excluding hydrogens is 328 g/mol. The van der Waals surface area contributed by atoms with Crippen LogP contribution in [-0.2, 0) is 9.47 Å². The fourth-order valence-corrected chi connectivity index (χ4v) is 2.68. The number of ether oxygens (including phenoxy) is 2. The van der Waals surface area contributed by atoms with E-state index < -0.39 is 0 Å². The van der Waals surface area contributed by atoms with Crippen molar-refractivity contribution < 1.29 is 19.1 Å². The highest BCUT2D eigenvalue weighted by atomic mass is 16.5. The molecule has 0 unspecified atom stereocenters. The molecule has 0 aromatic heterocycles. The standard InChI is InChI=1S/C22H34O4/c1-3-5-7-9-11-16-25-21(23)19-14-13-15-20(18-19)22(24)26-17-12-10-8-6-4-2/h13-15,18H,3-12,16-17H2,1-2H3. The Labute approximate surface area is 158 Å². The fourth-order valence-electron chi connectivity index (χ4n) is 2.68. The van der Waals surface area contributed by atoms with Crippen LogP contribution in [0.1, 0.15) is 98.8 Å². The van der Waals surface area contributed by atoms with E-state index in [0.717, 1.165) is 25.7 Å². The molecule has 4 nitrogen and oxygen atoms in total. The minimum absolute atomic E-state index is 0.380. The maximum atomic E-state index is 12.1. The van der Waals surface area contributed by atoms with E-state index in [1.165, 1.54) is 38.5 Å². The lowest BCUT2D eigenvalue weighted by Gasteiger charge is -2.07. The van der Waals surface area contributed by atoms with E-state index in [0.29, 0.717) is 24.3 Å². The normalized spacial score (nSPS) is 10.5. The number of rotatable bonds is 14. The third-order valence-corrected chi connectivity index (χ3v) is 4.30. The van der Waals surface area contributed by atoms with Crippen LogP contribution in [0.25, 0.3) is 0 Å². The number of carbonyl (C=O) groups excluding carboxylic acids is 2. The number of hydrogen-bond acceptors (Lipinski definition) is 4. The van der Waals surface area contributed by atoms with E-state index in [1.807, 2.05) is 0 Å². The Morgan fingerprint density at radius 2 is 1.12 bits per heavy atom. The summed E-state index contributed by atoms with van der Waals surface area (Å²) < 4.78 is 10.6. The van der Waals surface area contributed by atoms with Crippen LogP contribution in [0, 0.1) is 0 Å². The molecule has 0 aliphatic rings. The Hall–Kier alpha value is -1.84. The van der Waals surface area contributed by atoms with Crippen molar-refractivity contribution in [2.45, 2.75) is 78.1 Å². The Morgan fingerprint density at radius 1 is 0.692 bits per heavy atom. The van der Waals surface area contributed by atoms with Gasteiger partial charge in [0.1, 0.15) is 0 Å². The van der Waals surface area contributed by atoms with Gasteiger partial charge in [-0.2, -0.15) is 0 Å². The summed E-state index contributed by atoms with van der Waals surface area (Å²) in [7, 11) is 0. The van der Waals surface area contributed by atoms with Gasteiger partial charge in [0.05, 0.1) is 24.3 Å². The zero-order valence-corrected chi connectivity index (χ0v) is 16.4. The number of unbranched alkanes of at least 4 members (excludes halogenated alkanes) is 8. The third kappa shape index (κ3) is 9.59. The molecule has 0 bridgehead atoms. The highest BCUT2D eigenvalue weighted by Gasteiger charge is 2.12. The molecule has 0 aliphatic heterocycles. The zero-order valence-electron chi connectivity index (χ0n) is 16.4. The number of benzene rings is 1. The molecule has 0 fully saturated rings. The van der Waals surface area contributed by atoms with Gasteiger partial charge in [-0.15, -0.1) is 0 Å². The summed E-state index contributed by atoms with van der Waals surface area (Å²) in [6.45, 7) is 5.19. The maximum absolute atomic E-state index is 12.1. The van der Waals surface area contributed by atoms with Gasteiger partial charge in [0.15, 0.2) is 0 Å².